The van der Waals surface area contributed by atoms with Gasteiger partial charge in [-0.3, -0.25) is 4.79 Å². The zero-order chi connectivity index (χ0) is 14.4. The van der Waals surface area contributed by atoms with E-state index in [1.165, 1.54) is 0 Å². The standard InChI is InChI=1S/C14H25N3O3/c15-12(17-19)14(7-3-1-2-4-8-14)13(18)16-11-5-9-20-10-6-11/h11,19H,1-10H2,(H2,15,17)(H,16,18). The highest BCUT2D eigenvalue weighted by Gasteiger charge is 2.43. The number of carbonyl (C=O) groups excluding carboxylic acids is 1. The van der Waals surface area contributed by atoms with Crippen molar-refractivity contribution in [1.82, 2.24) is 5.32 Å². The quantitative estimate of drug-likeness (QED) is 0.239. The largest absolute Gasteiger partial charge is 0.409 e. The fourth-order valence-corrected chi connectivity index (χ4v) is 3.19. The molecule has 6 nitrogen and oxygen atoms in total. The van der Waals surface area contributed by atoms with Crippen LogP contribution in [-0.2, 0) is 9.53 Å². The first-order chi connectivity index (χ1) is 9.69. The van der Waals surface area contributed by atoms with Crippen molar-refractivity contribution >= 4 is 11.7 Å². The van der Waals surface area contributed by atoms with Crippen LogP contribution in [0, 0.1) is 5.41 Å². The highest BCUT2D eigenvalue weighted by Crippen LogP contribution is 2.36. The number of amides is 1. The van der Waals surface area contributed by atoms with Crippen molar-refractivity contribution < 1.29 is 14.7 Å². The molecule has 0 aromatic rings. The van der Waals surface area contributed by atoms with Gasteiger partial charge in [0.15, 0.2) is 5.84 Å². The predicted molar refractivity (Wildman–Crippen MR) is 75.5 cm³/mol. The van der Waals surface area contributed by atoms with Crippen molar-refractivity contribution in [3.05, 3.63) is 0 Å². The summed E-state index contributed by atoms with van der Waals surface area (Å²) in [7, 11) is 0. The first-order valence-corrected chi connectivity index (χ1v) is 7.56. The number of oxime groups is 1. The van der Waals surface area contributed by atoms with Crippen LogP contribution in [0.2, 0.25) is 0 Å². The van der Waals surface area contributed by atoms with Crippen LogP contribution in [-0.4, -0.2) is 36.2 Å². The van der Waals surface area contributed by atoms with E-state index >= 15 is 0 Å². The number of hydrogen-bond donors (Lipinski definition) is 3. The Hall–Kier alpha value is -1.30. The normalized spacial score (nSPS) is 24.9. The van der Waals surface area contributed by atoms with E-state index < -0.39 is 5.41 Å². The van der Waals surface area contributed by atoms with Gasteiger partial charge in [0.2, 0.25) is 5.91 Å². The van der Waals surface area contributed by atoms with Crippen LogP contribution in [0.4, 0.5) is 0 Å². The smallest absolute Gasteiger partial charge is 0.234 e. The molecule has 6 heteroatoms. The fourth-order valence-electron chi connectivity index (χ4n) is 3.19. The summed E-state index contributed by atoms with van der Waals surface area (Å²) >= 11 is 0. The highest BCUT2D eigenvalue weighted by molar-refractivity contribution is 6.06. The van der Waals surface area contributed by atoms with E-state index in [4.69, 9.17) is 15.7 Å². The molecule has 1 aliphatic heterocycles. The lowest BCUT2D eigenvalue weighted by Gasteiger charge is -2.33. The van der Waals surface area contributed by atoms with Crippen molar-refractivity contribution in [3.63, 3.8) is 0 Å². The van der Waals surface area contributed by atoms with Gasteiger partial charge in [0.05, 0.1) is 0 Å². The van der Waals surface area contributed by atoms with E-state index in [0.29, 0.717) is 26.1 Å². The lowest BCUT2D eigenvalue weighted by atomic mass is 9.78. The van der Waals surface area contributed by atoms with Gasteiger partial charge in [-0.1, -0.05) is 30.8 Å². The van der Waals surface area contributed by atoms with Crippen LogP contribution in [0.15, 0.2) is 5.16 Å². The molecule has 1 saturated carbocycles. The average Bonchev–Trinajstić information content (AvgIpc) is 2.74. The molecule has 1 amide bonds. The van der Waals surface area contributed by atoms with E-state index in [9.17, 15) is 4.79 Å². The van der Waals surface area contributed by atoms with Crippen LogP contribution < -0.4 is 11.1 Å². The molecule has 2 fully saturated rings. The average molecular weight is 283 g/mol. The van der Waals surface area contributed by atoms with Gasteiger partial charge in [0.1, 0.15) is 5.41 Å². The van der Waals surface area contributed by atoms with Crippen molar-refractivity contribution in [1.29, 1.82) is 0 Å². The minimum Gasteiger partial charge on any atom is -0.409 e. The minimum atomic E-state index is -0.830. The summed E-state index contributed by atoms with van der Waals surface area (Å²) in [6, 6.07) is 0.142. The number of amidine groups is 1. The number of hydrogen-bond acceptors (Lipinski definition) is 4. The van der Waals surface area contributed by atoms with Gasteiger partial charge in [-0.2, -0.15) is 0 Å². The lowest BCUT2D eigenvalue weighted by molar-refractivity contribution is -0.129. The Morgan fingerprint density at radius 2 is 1.80 bits per heavy atom. The van der Waals surface area contributed by atoms with E-state index in [0.717, 1.165) is 38.5 Å². The third-order valence-electron chi connectivity index (χ3n) is 4.55. The summed E-state index contributed by atoms with van der Waals surface area (Å²) in [6.07, 6.45) is 7.08. The maximum Gasteiger partial charge on any atom is 0.234 e. The molecule has 0 atom stereocenters. The fraction of sp³-hybridized carbons (Fsp3) is 0.857. The SMILES string of the molecule is NC(=NO)C1(C(=O)NC2CCOCC2)CCCCCC1. The molecule has 4 N–H and O–H groups in total. The molecule has 20 heavy (non-hydrogen) atoms. The summed E-state index contributed by atoms with van der Waals surface area (Å²) in [5, 5.41) is 15.3. The molecule has 2 rings (SSSR count). The molecule has 0 radical (unpaired) electrons. The summed E-state index contributed by atoms with van der Waals surface area (Å²) < 4.78 is 5.30. The Balaban J connectivity index is 2.10. The van der Waals surface area contributed by atoms with Crippen LogP contribution in [0.1, 0.15) is 51.4 Å². The Bertz CT molecular complexity index is 357. The summed E-state index contributed by atoms with van der Waals surface area (Å²) in [4.78, 5) is 12.7. The molecule has 0 aromatic heterocycles. The molecule has 0 bridgehead atoms. The van der Waals surface area contributed by atoms with Crippen LogP contribution in [0.25, 0.3) is 0 Å². The number of rotatable bonds is 3. The molecule has 114 valence electrons. The number of carbonyl (C=O) groups is 1. The van der Waals surface area contributed by atoms with E-state index in [-0.39, 0.29) is 17.8 Å². The van der Waals surface area contributed by atoms with E-state index in [2.05, 4.69) is 10.5 Å². The van der Waals surface area contributed by atoms with E-state index in [1.807, 2.05) is 0 Å². The second kappa shape index (κ2) is 6.92. The lowest BCUT2D eigenvalue weighted by Crippen LogP contribution is -2.53. The van der Waals surface area contributed by atoms with E-state index in [1.54, 1.807) is 0 Å². The zero-order valence-corrected chi connectivity index (χ0v) is 11.9. The van der Waals surface area contributed by atoms with Crippen LogP contribution >= 0.6 is 0 Å². The summed E-state index contributed by atoms with van der Waals surface area (Å²) in [6.45, 7) is 1.36. The van der Waals surface area contributed by atoms with Crippen molar-refractivity contribution in [2.24, 2.45) is 16.3 Å². The summed E-state index contributed by atoms with van der Waals surface area (Å²) in [5.41, 5.74) is 5.04. The van der Waals surface area contributed by atoms with Crippen molar-refractivity contribution in [2.75, 3.05) is 13.2 Å². The molecule has 1 heterocycles. The number of nitrogens with one attached hydrogen (secondary N) is 1. The second-order valence-electron chi connectivity index (χ2n) is 5.84. The molecular formula is C14H25N3O3. The highest BCUT2D eigenvalue weighted by atomic mass is 16.5. The third kappa shape index (κ3) is 3.23. The molecule has 0 unspecified atom stereocenters. The summed E-state index contributed by atoms with van der Waals surface area (Å²) in [5.74, 6) is -0.0226. The molecule has 2 aliphatic rings. The monoisotopic (exact) mass is 283 g/mol. The Kier molecular flexibility index (Phi) is 5.23. The second-order valence-corrected chi connectivity index (χ2v) is 5.84. The molecule has 0 spiro atoms. The predicted octanol–water partition coefficient (Wildman–Crippen LogP) is 1.37. The molecule has 0 aromatic carbocycles. The first-order valence-electron chi connectivity index (χ1n) is 7.56. The van der Waals surface area contributed by atoms with Gasteiger partial charge < -0.3 is 21.0 Å². The number of ether oxygens (including phenoxy) is 1. The van der Waals surface area contributed by atoms with Gasteiger partial charge in [-0.25, -0.2) is 0 Å². The Labute approximate surface area is 119 Å². The minimum absolute atomic E-state index is 0.0592. The third-order valence-corrected chi connectivity index (χ3v) is 4.55. The van der Waals surface area contributed by atoms with Crippen molar-refractivity contribution in [3.8, 4) is 0 Å². The molecular weight excluding hydrogens is 258 g/mol. The van der Waals surface area contributed by atoms with Gasteiger partial charge in [0, 0.05) is 19.3 Å². The molecule has 1 saturated heterocycles. The number of nitrogens with zero attached hydrogens (tertiary/aromatic N) is 1. The molecule has 1 aliphatic carbocycles. The van der Waals surface area contributed by atoms with Gasteiger partial charge >= 0.3 is 0 Å². The Morgan fingerprint density at radius 1 is 1.20 bits per heavy atom. The maximum atomic E-state index is 12.7. The topological polar surface area (TPSA) is 96.9 Å². The van der Waals surface area contributed by atoms with Gasteiger partial charge in [0.25, 0.3) is 0 Å². The van der Waals surface area contributed by atoms with Crippen molar-refractivity contribution in [2.45, 2.75) is 57.4 Å². The van der Waals surface area contributed by atoms with Gasteiger partial charge in [-0.05, 0) is 25.7 Å². The Morgan fingerprint density at radius 3 is 2.35 bits per heavy atom. The maximum absolute atomic E-state index is 12.7. The van der Waals surface area contributed by atoms with Gasteiger partial charge in [-0.15, -0.1) is 0 Å². The van der Waals surface area contributed by atoms with Crippen LogP contribution in [0.5, 0.6) is 0 Å². The zero-order valence-electron chi connectivity index (χ0n) is 11.9. The first kappa shape index (κ1) is 15.1. The van der Waals surface area contributed by atoms with Crippen LogP contribution in [0.3, 0.4) is 0 Å². The number of nitrogens with two attached hydrogens (primary N) is 1.